The Labute approximate surface area is 121 Å². The summed E-state index contributed by atoms with van der Waals surface area (Å²) in [5.41, 5.74) is 0.911. The third-order valence-corrected chi connectivity index (χ3v) is 3.41. The topological polar surface area (TPSA) is 58.6 Å². The zero-order valence-electron chi connectivity index (χ0n) is 11.4. The summed E-state index contributed by atoms with van der Waals surface area (Å²) in [6.07, 6.45) is 0. The summed E-state index contributed by atoms with van der Waals surface area (Å²) in [5, 5.41) is 2.73. The summed E-state index contributed by atoms with van der Waals surface area (Å²) in [6.45, 7) is 3.84. The van der Waals surface area contributed by atoms with E-state index in [-0.39, 0.29) is 12.1 Å². The van der Waals surface area contributed by atoms with Crippen molar-refractivity contribution < 1.29 is 14.3 Å². The molecule has 1 N–H and O–H groups in total. The minimum absolute atomic E-state index is 0.0931. The minimum Gasteiger partial charge on any atom is -0.465 e. The third kappa shape index (κ3) is 3.96. The standard InChI is InChI=1S/C13H17BrN2O3/c1-8(2)16(3)13(18)15-9-5-6-11(14)10(7-9)12(17)19-4/h5-8H,1-4H3,(H,15,18). The van der Waals surface area contributed by atoms with Crippen molar-refractivity contribution in [2.75, 3.05) is 19.5 Å². The van der Waals surface area contributed by atoms with Gasteiger partial charge in [0.1, 0.15) is 0 Å². The summed E-state index contributed by atoms with van der Waals surface area (Å²) in [5.74, 6) is -0.458. The maximum absolute atomic E-state index is 11.9. The lowest BCUT2D eigenvalue weighted by Crippen LogP contribution is -2.36. The molecule has 1 aromatic carbocycles. The van der Waals surface area contributed by atoms with Gasteiger partial charge in [0.25, 0.3) is 0 Å². The number of methoxy groups -OCH3 is 1. The fraction of sp³-hybridized carbons (Fsp3) is 0.385. The van der Waals surface area contributed by atoms with Crippen LogP contribution in [0.3, 0.4) is 0 Å². The molecule has 0 radical (unpaired) electrons. The number of ether oxygens (including phenoxy) is 1. The van der Waals surface area contributed by atoms with Crippen molar-refractivity contribution in [2.45, 2.75) is 19.9 Å². The van der Waals surface area contributed by atoms with Crippen LogP contribution in [0.15, 0.2) is 22.7 Å². The average molecular weight is 329 g/mol. The van der Waals surface area contributed by atoms with Gasteiger partial charge in [-0.2, -0.15) is 0 Å². The van der Waals surface area contributed by atoms with E-state index in [1.165, 1.54) is 7.11 Å². The number of hydrogen-bond acceptors (Lipinski definition) is 3. The monoisotopic (exact) mass is 328 g/mol. The van der Waals surface area contributed by atoms with Gasteiger partial charge in [0.05, 0.1) is 12.7 Å². The van der Waals surface area contributed by atoms with Crippen LogP contribution in [0, 0.1) is 0 Å². The molecule has 2 amide bonds. The number of benzene rings is 1. The van der Waals surface area contributed by atoms with E-state index in [1.54, 1.807) is 30.1 Å². The molecule has 0 heterocycles. The molecule has 0 saturated heterocycles. The predicted octanol–water partition coefficient (Wildman–Crippen LogP) is 3.11. The maximum Gasteiger partial charge on any atom is 0.339 e. The number of hydrogen-bond donors (Lipinski definition) is 1. The van der Waals surface area contributed by atoms with Gasteiger partial charge in [-0.15, -0.1) is 0 Å². The molecule has 0 atom stereocenters. The molecular weight excluding hydrogens is 312 g/mol. The number of urea groups is 1. The molecular formula is C13H17BrN2O3. The highest BCUT2D eigenvalue weighted by Crippen LogP contribution is 2.22. The maximum atomic E-state index is 11.9. The molecule has 0 aliphatic carbocycles. The highest BCUT2D eigenvalue weighted by molar-refractivity contribution is 9.10. The summed E-state index contributed by atoms with van der Waals surface area (Å²) >= 11 is 3.27. The molecule has 0 unspecified atom stereocenters. The van der Waals surface area contributed by atoms with Gasteiger partial charge < -0.3 is 15.0 Å². The Kier molecular flexibility index (Phi) is 5.35. The van der Waals surface area contributed by atoms with Crippen LogP contribution < -0.4 is 5.32 Å². The van der Waals surface area contributed by atoms with Crippen LogP contribution in [0.25, 0.3) is 0 Å². The largest absolute Gasteiger partial charge is 0.465 e. The first kappa shape index (κ1) is 15.5. The second-order valence-corrected chi connectivity index (χ2v) is 5.18. The lowest BCUT2D eigenvalue weighted by atomic mass is 10.2. The van der Waals surface area contributed by atoms with Crippen molar-refractivity contribution in [3.63, 3.8) is 0 Å². The van der Waals surface area contributed by atoms with Crippen molar-refractivity contribution in [3.8, 4) is 0 Å². The number of nitrogens with zero attached hydrogens (tertiary/aromatic N) is 1. The molecule has 0 bridgehead atoms. The Morgan fingerprint density at radius 3 is 2.53 bits per heavy atom. The predicted molar refractivity (Wildman–Crippen MR) is 77.4 cm³/mol. The molecule has 1 rings (SSSR count). The second kappa shape index (κ2) is 6.56. The van der Waals surface area contributed by atoms with E-state index in [1.807, 2.05) is 13.8 Å². The Balaban J connectivity index is 2.91. The highest BCUT2D eigenvalue weighted by atomic mass is 79.9. The molecule has 19 heavy (non-hydrogen) atoms. The Bertz CT molecular complexity index is 489. The number of carbonyl (C=O) groups is 2. The van der Waals surface area contributed by atoms with Gasteiger partial charge in [0.2, 0.25) is 0 Å². The van der Waals surface area contributed by atoms with Gasteiger partial charge >= 0.3 is 12.0 Å². The number of amides is 2. The van der Waals surface area contributed by atoms with E-state index in [0.717, 1.165) is 0 Å². The van der Waals surface area contributed by atoms with Crippen LogP contribution in [-0.2, 0) is 4.74 Å². The van der Waals surface area contributed by atoms with E-state index in [4.69, 9.17) is 0 Å². The van der Waals surface area contributed by atoms with Crippen LogP contribution in [0.5, 0.6) is 0 Å². The van der Waals surface area contributed by atoms with Crippen molar-refractivity contribution in [1.82, 2.24) is 4.90 Å². The molecule has 6 heteroatoms. The van der Waals surface area contributed by atoms with Gasteiger partial charge in [-0.3, -0.25) is 0 Å². The second-order valence-electron chi connectivity index (χ2n) is 4.32. The molecule has 0 aliphatic rings. The molecule has 0 fully saturated rings. The minimum atomic E-state index is -0.458. The Morgan fingerprint density at radius 2 is 2.00 bits per heavy atom. The summed E-state index contributed by atoms with van der Waals surface area (Å²) in [6, 6.07) is 4.84. The van der Waals surface area contributed by atoms with Gasteiger partial charge in [0.15, 0.2) is 0 Å². The van der Waals surface area contributed by atoms with Crippen molar-refractivity contribution in [2.24, 2.45) is 0 Å². The number of nitrogens with one attached hydrogen (secondary N) is 1. The summed E-state index contributed by atoms with van der Waals surface area (Å²) in [4.78, 5) is 25.0. The molecule has 0 aromatic heterocycles. The van der Waals surface area contributed by atoms with Gasteiger partial charge in [-0.05, 0) is 48.0 Å². The van der Waals surface area contributed by atoms with E-state index >= 15 is 0 Å². The smallest absolute Gasteiger partial charge is 0.339 e. The first-order valence-electron chi connectivity index (χ1n) is 5.78. The average Bonchev–Trinajstić information content (AvgIpc) is 2.38. The quantitative estimate of drug-likeness (QED) is 0.867. The number of carbonyl (C=O) groups excluding carboxylic acids is 2. The number of anilines is 1. The fourth-order valence-electron chi connectivity index (χ4n) is 1.32. The summed E-state index contributed by atoms with van der Waals surface area (Å²) in [7, 11) is 3.02. The fourth-order valence-corrected chi connectivity index (χ4v) is 1.72. The van der Waals surface area contributed by atoms with Crippen LogP contribution in [0.1, 0.15) is 24.2 Å². The third-order valence-electron chi connectivity index (χ3n) is 2.72. The van der Waals surface area contributed by atoms with Gasteiger partial charge in [-0.1, -0.05) is 0 Å². The number of esters is 1. The lowest BCUT2D eigenvalue weighted by Gasteiger charge is -2.22. The van der Waals surface area contributed by atoms with Crippen LogP contribution >= 0.6 is 15.9 Å². The summed E-state index contributed by atoms with van der Waals surface area (Å²) < 4.78 is 5.29. The molecule has 0 spiro atoms. The lowest BCUT2D eigenvalue weighted by molar-refractivity contribution is 0.0599. The zero-order chi connectivity index (χ0) is 14.6. The zero-order valence-corrected chi connectivity index (χ0v) is 12.9. The van der Waals surface area contributed by atoms with E-state index < -0.39 is 5.97 Å². The molecule has 5 nitrogen and oxygen atoms in total. The van der Waals surface area contributed by atoms with Crippen molar-refractivity contribution in [3.05, 3.63) is 28.2 Å². The Hall–Kier alpha value is -1.56. The first-order valence-corrected chi connectivity index (χ1v) is 6.57. The van der Waals surface area contributed by atoms with Crippen molar-refractivity contribution in [1.29, 1.82) is 0 Å². The van der Waals surface area contributed by atoms with Crippen LogP contribution in [-0.4, -0.2) is 37.1 Å². The van der Waals surface area contributed by atoms with Crippen LogP contribution in [0.4, 0.5) is 10.5 Å². The Morgan fingerprint density at radius 1 is 1.37 bits per heavy atom. The molecule has 0 aliphatic heterocycles. The highest BCUT2D eigenvalue weighted by Gasteiger charge is 2.15. The van der Waals surface area contributed by atoms with Gasteiger partial charge in [-0.25, -0.2) is 9.59 Å². The van der Waals surface area contributed by atoms with Crippen molar-refractivity contribution >= 4 is 33.6 Å². The van der Waals surface area contributed by atoms with Crippen LogP contribution in [0.2, 0.25) is 0 Å². The van der Waals surface area contributed by atoms with E-state index in [2.05, 4.69) is 26.0 Å². The SMILES string of the molecule is COC(=O)c1cc(NC(=O)N(C)C(C)C)ccc1Br. The number of halogens is 1. The van der Waals surface area contributed by atoms with E-state index in [0.29, 0.717) is 15.7 Å². The molecule has 104 valence electrons. The van der Waals surface area contributed by atoms with E-state index in [9.17, 15) is 9.59 Å². The number of rotatable bonds is 3. The first-order chi connectivity index (χ1) is 8.86. The van der Waals surface area contributed by atoms with Gasteiger partial charge in [0, 0.05) is 23.2 Å². The normalized spacial score (nSPS) is 10.2. The molecule has 1 aromatic rings. The molecule has 0 saturated carbocycles.